The number of hydroxylamine groups is 2. The molecule has 1 atom stereocenters. The van der Waals surface area contributed by atoms with Crippen LogP contribution in [0.4, 0.5) is 5.82 Å². The summed E-state index contributed by atoms with van der Waals surface area (Å²) >= 11 is 0. The van der Waals surface area contributed by atoms with Crippen molar-refractivity contribution in [3.8, 4) is 0 Å². The van der Waals surface area contributed by atoms with Crippen LogP contribution in [-0.4, -0.2) is 51.9 Å². The maximum atomic E-state index is 11.8. The highest BCUT2D eigenvalue weighted by atomic mass is 16.7. The van der Waals surface area contributed by atoms with Crippen molar-refractivity contribution >= 4 is 17.9 Å². The Balaban J connectivity index is 2.25. The Kier molecular flexibility index (Phi) is 4.28. The van der Waals surface area contributed by atoms with E-state index in [1.54, 1.807) is 18.3 Å². The minimum absolute atomic E-state index is 0.164. The van der Waals surface area contributed by atoms with Gasteiger partial charge in [0.25, 0.3) is 0 Å². The van der Waals surface area contributed by atoms with E-state index < -0.39 is 11.8 Å². The summed E-state index contributed by atoms with van der Waals surface area (Å²) in [5.74, 6) is -0.0881. The monoisotopic (exact) mass is 280 g/mol. The van der Waals surface area contributed by atoms with E-state index in [0.29, 0.717) is 6.54 Å². The van der Waals surface area contributed by atoms with E-state index in [1.165, 1.54) is 23.8 Å². The second kappa shape index (κ2) is 5.95. The van der Waals surface area contributed by atoms with Crippen LogP contribution in [0.1, 0.15) is 6.92 Å². The van der Waals surface area contributed by atoms with Gasteiger partial charge in [-0.2, -0.15) is 10.0 Å². The maximum Gasteiger partial charge on any atom is 0.353 e. The van der Waals surface area contributed by atoms with Crippen LogP contribution in [0.3, 0.4) is 0 Å². The zero-order chi connectivity index (χ0) is 14.7. The molecule has 2 rings (SSSR count). The fraction of sp³-hybridized carbons (Fsp3) is 0.417. The van der Waals surface area contributed by atoms with E-state index in [-0.39, 0.29) is 18.3 Å². The van der Waals surface area contributed by atoms with Gasteiger partial charge >= 0.3 is 5.69 Å². The molecule has 1 aliphatic heterocycles. The van der Waals surface area contributed by atoms with E-state index in [2.05, 4.69) is 10.3 Å². The molecule has 0 radical (unpaired) electrons. The molecule has 2 N–H and O–H groups in total. The van der Waals surface area contributed by atoms with Gasteiger partial charge in [-0.3, -0.25) is 14.2 Å². The standard InChI is InChI=1S/C12H16N4O4/c1-8(18)13-11-3-4-16(12(19)14-11)6-9-5-15(2)20-10(9)7-17/h3-4,6,10,17H,5,7H2,1-2H3,(H,13,14,18,19)/b9-6-. The third-order valence-electron chi connectivity index (χ3n) is 2.73. The van der Waals surface area contributed by atoms with Crippen LogP contribution in [0, 0.1) is 0 Å². The number of carbonyl (C=O) groups is 1. The quantitative estimate of drug-likeness (QED) is 0.758. The van der Waals surface area contributed by atoms with Crippen LogP contribution >= 0.6 is 0 Å². The summed E-state index contributed by atoms with van der Waals surface area (Å²) in [5, 5.41) is 13.2. The number of likely N-dealkylation sites (N-methyl/N-ethyl adjacent to an activating group) is 1. The number of anilines is 1. The van der Waals surface area contributed by atoms with E-state index in [4.69, 9.17) is 4.84 Å². The van der Waals surface area contributed by atoms with Gasteiger partial charge in [-0.15, -0.1) is 0 Å². The molecule has 1 unspecified atom stereocenters. The van der Waals surface area contributed by atoms with E-state index >= 15 is 0 Å². The average molecular weight is 280 g/mol. The molecule has 0 aliphatic carbocycles. The summed E-state index contributed by atoms with van der Waals surface area (Å²) in [5.41, 5.74) is 0.251. The molecule has 1 fully saturated rings. The maximum absolute atomic E-state index is 11.8. The number of hydrogen-bond acceptors (Lipinski definition) is 6. The van der Waals surface area contributed by atoms with Gasteiger partial charge in [0.2, 0.25) is 5.91 Å². The first-order valence-electron chi connectivity index (χ1n) is 6.05. The fourth-order valence-electron chi connectivity index (χ4n) is 1.90. The molecule has 0 spiro atoms. The van der Waals surface area contributed by atoms with Crippen LogP contribution < -0.4 is 11.0 Å². The van der Waals surface area contributed by atoms with Gasteiger partial charge in [-0.05, 0) is 11.6 Å². The number of nitrogens with zero attached hydrogens (tertiary/aromatic N) is 3. The van der Waals surface area contributed by atoms with Crippen LogP contribution in [0.25, 0.3) is 6.20 Å². The highest BCUT2D eigenvalue weighted by Gasteiger charge is 2.25. The van der Waals surface area contributed by atoms with Crippen molar-refractivity contribution in [2.24, 2.45) is 0 Å². The Hall–Kier alpha value is -2.03. The molecule has 0 bridgehead atoms. The predicted molar refractivity (Wildman–Crippen MR) is 71.7 cm³/mol. The largest absolute Gasteiger partial charge is 0.393 e. The van der Waals surface area contributed by atoms with Crippen molar-refractivity contribution in [1.29, 1.82) is 0 Å². The third kappa shape index (κ3) is 3.29. The topological polar surface area (TPSA) is 96.7 Å². The number of nitrogens with one attached hydrogen (secondary N) is 1. The SMILES string of the molecule is CC(=O)Nc1ccn(/C=C2/CN(C)OC2CO)c(=O)n1. The van der Waals surface area contributed by atoms with Gasteiger partial charge in [-0.25, -0.2) is 4.79 Å². The molecule has 1 aromatic heterocycles. The Bertz CT molecular complexity index is 595. The van der Waals surface area contributed by atoms with Gasteiger partial charge in [-0.1, -0.05) is 0 Å². The van der Waals surface area contributed by atoms with E-state index in [1.807, 2.05) is 0 Å². The van der Waals surface area contributed by atoms with Gasteiger partial charge in [0.15, 0.2) is 0 Å². The molecule has 20 heavy (non-hydrogen) atoms. The first kappa shape index (κ1) is 14.4. The number of rotatable bonds is 3. The predicted octanol–water partition coefficient (Wildman–Crippen LogP) is -0.720. The second-order valence-corrected chi connectivity index (χ2v) is 4.45. The lowest BCUT2D eigenvalue weighted by Crippen LogP contribution is -2.22. The molecule has 8 nitrogen and oxygen atoms in total. The summed E-state index contributed by atoms with van der Waals surface area (Å²) in [6.45, 7) is 1.67. The molecule has 2 heterocycles. The van der Waals surface area contributed by atoms with Crippen molar-refractivity contribution in [2.75, 3.05) is 25.5 Å². The Morgan fingerprint density at radius 1 is 1.70 bits per heavy atom. The summed E-state index contributed by atoms with van der Waals surface area (Å²) in [6, 6.07) is 1.52. The highest BCUT2D eigenvalue weighted by Crippen LogP contribution is 2.18. The van der Waals surface area contributed by atoms with Crippen LogP contribution in [0.5, 0.6) is 0 Å². The first-order chi connectivity index (χ1) is 9.49. The lowest BCUT2D eigenvalue weighted by molar-refractivity contribution is -0.134. The number of aromatic nitrogens is 2. The smallest absolute Gasteiger partial charge is 0.353 e. The summed E-state index contributed by atoms with van der Waals surface area (Å²) < 4.78 is 1.28. The van der Waals surface area contributed by atoms with E-state index in [9.17, 15) is 14.7 Å². The molecular formula is C12H16N4O4. The third-order valence-corrected chi connectivity index (χ3v) is 2.73. The molecule has 1 aliphatic rings. The average Bonchev–Trinajstić information content (AvgIpc) is 2.72. The molecule has 0 aromatic carbocycles. The van der Waals surface area contributed by atoms with Crippen molar-refractivity contribution in [1.82, 2.24) is 14.6 Å². The Labute approximate surface area is 115 Å². The summed E-state index contributed by atoms with van der Waals surface area (Å²) in [4.78, 5) is 31.8. The number of aliphatic hydroxyl groups is 1. The van der Waals surface area contributed by atoms with Crippen molar-refractivity contribution < 1.29 is 14.7 Å². The molecule has 1 aromatic rings. The van der Waals surface area contributed by atoms with Crippen LogP contribution in [-0.2, 0) is 9.63 Å². The van der Waals surface area contributed by atoms with Crippen LogP contribution in [0.15, 0.2) is 22.6 Å². The van der Waals surface area contributed by atoms with Gasteiger partial charge in [0, 0.05) is 32.9 Å². The fourth-order valence-corrected chi connectivity index (χ4v) is 1.90. The van der Waals surface area contributed by atoms with Crippen molar-refractivity contribution in [3.63, 3.8) is 0 Å². The summed E-state index contributed by atoms with van der Waals surface area (Å²) in [6.07, 6.45) is 2.62. The highest BCUT2D eigenvalue weighted by molar-refractivity contribution is 5.87. The minimum Gasteiger partial charge on any atom is -0.393 e. The Morgan fingerprint density at radius 3 is 3.05 bits per heavy atom. The lowest BCUT2D eigenvalue weighted by Gasteiger charge is -2.08. The number of hydrogen-bond donors (Lipinski definition) is 2. The van der Waals surface area contributed by atoms with Gasteiger partial charge < -0.3 is 10.4 Å². The molecule has 0 saturated carbocycles. The Morgan fingerprint density at radius 2 is 2.45 bits per heavy atom. The van der Waals surface area contributed by atoms with Crippen molar-refractivity contribution in [2.45, 2.75) is 13.0 Å². The van der Waals surface area contributed by atoms with Gasteiger partial charge in [0.1, 0.15) is 11.9 Å². The summed E-state index contributed by atoms with van der Waals surface area (Å²) in [7, 11) is 1.74. The van der Waals surface area contributed by atoms with Gasteiger partial charge in [0.05, 0.1) is 6.61 Å². The molecule has 8 heteroatoms. The number of aliphatic hydroxyl groups excluding tert-OH is 1. The lowest BCUT2D eigenvalue weighted by atomic mass is 10.2. The number of amides is 1. The molecule has 1 amide bonds. The minimum atomic E-state index is -0.519. The number of carbonyl (C=O) groups excluding carboxylic acids is 1. The molecule has 1 saturated heterocycles. The molecule has 108 valence electrons. The molecular weight excluding hydrogens is 264 g/mol. The zero-order valence-corrected chi connectivity index (χ0v) is 11.2. The zero-order valence-electron chi connectivity index (χ0n) is 11.2. The van der Waals surface area contributed by atoms with Crippen LogP contribution in [0.2, 0.25) is 0 Å². The normalized spacial score (nSPS) is 21.4. The van der Waals surface area contributed by atoms with Crippen molar-refractivity contribution in [3.05, 3.63) is 28.3 Å². The van der Waals surface area contributed by atoms with E-state index in [0.717, 1.165) is 5.57 Å². The first-order valence-corrected chi connectivity index (χ1v) is 6.05. The second-order valence-electron chi connectivity index (χ2n) is 4.45.